The molecule has 0 amide bonds. The van der Waals surface area contributed by atoms with E-state index in [9.17, 15) is 0 Å². The van der Waals surface area contributed by atoms with E-state index >= 15 is 0 Å². The van der Waals surface area contributed by atoms with Crippen molar-refractivity contribution < 1.29 is 0 Å². The number of rotatable bonds is 2. The quantitative estimate of drug-likeness (QED) is 0.273. The molecule has 0 unspecified atom stereocenters. The van der Waals surface area contributed by atoms with Crippen LogP contribution in [0.3, 0.4) is 0 Å². The van der Waals surface area contributed by atoms with Gasteiger partial charge in [-0.3, -0.25) is 0 Å². The van der Waals surface area contributed by atoms with Gasteiger partial charge in [-0.25, -0.2) is 0 Å². The third-order valence-electron chi connectivity index (χ3n) is 8.18. The second-order valence-corrected chi connectivity index (χ2v) is 11.3. The number of hydrogen-bond acceptors (Lipinski definition) is 0. The zero-order valence-electron chi connectivity index (χ0n) is 21.1. The number of benzene rings is 4. The van der Waals surface area contributed by atoms with E-state index in [0.29, 0.717) is 0 Å². The van der Waals surface area contributed by atoms with E-state index < -0.39 is 0 Å². The molecule has 0 heteroatoms. The molecular formula is C34H32. The van der Waals surface area contributed by atoms with Crippen molar-refractivity contribution >= 4 is 12.2 Å². The highest BCUT2D eigenvalue weighted by Gasteiger charge is 2.36. The van der Waals surface area contributed by atoms with Crippen LogP contribution in [0.15, 0.2) is 72.8 Å². The Hall–Kier alpha value is -3.38. The monoisotopic (exact) mass is 440 g/mol. The molecule has 0 radical (unpaired) electrons. The SMILES string of the molecule is Cc1ccc2c(c1)C(C)(C)c1cc(C=Cc3ccc4c(c3)C(C)(C)c3cc(C)ccc3-4)ccc1-2. The summed E-state index contributed by atoms with van der Waals surface area (Å²) in [5.74, 6) is 0. The van der Waals surface area contributed by atoms with Gasteiger partial charge >= 0.3 is 0 Å². The highest BCUT2D eigenvalue weighted by molar-refractivity contribution is 5.85. The Labute approximate surface area is 204 Å². The lowest BCUT2D eigenvalue weighted by Crippen LogP contribution is -2.15. The van der Waals surface area contributed by atoms with Crippen LogP contribution in [0, 0.1) is 13.8 Å². The lowest BCUT2D eigenvalue weighted by atomic mass is 9.81. The summed E-state index contributed by atoms with van der Waals surface area (Å²) in [5, 5.41) is 0. The second kappa shape index (κ2) is 7.06. The van der Waals surface area contributed by atoms with Gasteiger partial charge in [0, 0.05) is 10.8 Å². The molecule has 0 aromatic heterocycles. The fraction of sp³-hybridized carbons (Fsp3) is 0.235. The van der Waals surface area contributed by atoms with Crippen LogP contribution in [0.25, 0.3) is 34.4 Å². The first-order valence-corrected chi connectivity index (χ1v) is 12.4. The van der Waals surface area contributed by atoms with Gasteiger partial charge in [0.2, 0.25) is 0 Å². The fourth-order valence-corrected chi connectivity index (χ4v) is 6.14. The molecule has 4 aromatic carbocycles. The normalized spacial score (nSPS) is 16.3. The summed E-state index contributed by atoms with van der Waals surface area (Å²) in [5.41, 5.74) is 16.5. The first kappa shape index (κ1) is 21.2. The van der Waals surface area contributed by atoms with E-state index in [-0.39, 0.29) is 10.8 Å². The first-order valence-electron chi connectivity index (χ1n) is 12.4. The summed E-state index contributed by atoms with van der Waals surface area (Å²) in [4.78, 5) is 0. The number of fused-ring (bicyclic) bond motifs is 6. The van der Waals surface area contributed by atoms with Crippen LogP contribution in [-0.2, 0) is 10.8 Å². The summed E-state index contributed by atoms with van der Waals surface area (Å²) < 4.78 is 0. The van der Waals surface area contributed by atoms with Gasteiger partial charge in [-0.15, -0.1) is 0 Å². The van der Waals surface area contributed by atoms with Gasteiger partial charge < -0.3 is 0 Å². The predicted molar refractivity (Wildman–Crippen MR) is 146 cm³/mol. The van der Waals surface area contributed by atoms with Crippen molar-refractivity contribution in [2.24, 2.45) is 0 Å². The van der Waals surface area contributed by atoms with Crippen LogP contribution in [0.4, 0.5) is 0 Å². The molecule has 0 atom stereocenters. The lowest BCUT2D eigenvalue weighted by molar-refractivity contribution is 0.659. The summed E-state index contributed by atoms with van der Waals surface area (Å²) in [6, 6.07) is 27.7. The molecule has 34 heavy (non-hydrogen) atoms. The van der Waals surface area contributed by atoms with Gasteiger partial charge in [0.25, 0.3) is 0 Å². The van der Waals surface area contributed by atoms with Crippen LogP contribution < -0.4 is 0 Å². The summed E-state index contributed by atoms with van der Waals surface area (Å²) in [7, 11) is 0. The van der Waals surface area contributed by atoms with Gasteiger partial charge in [0.05, 0.1) is 0 Å². The van der Waals surface area contributed by atoms with Crippen LogP contribution in [-0.4, -0.2) is 0 Å². The number of aryl methyl sites for hydroxylation is 2. The van der Waals surface area contributed by atoms with Crippen molar-refractivity contribution in [1.82, 2.24) is 0 Å². The smallest absolute Gasteiger partial charge is 0.0159 e. The minimum atomic E-state index is 0.0298. The molecule has 168 valence electrons. The van der Waals surface area contributed by atoms with Crippen molar-refractivity contribution in [3.8, 4) is 22.3 Å². The Morgan fingerprint density at radius 2 is 0.765 bits per heavy atom. The standard InChI is InChI=1S/C34H32/c1-21-7-13-25-27-15-11-23(19-31(27)33(3,4)29(25)17-21)9-10-24-12-16-28-26-14-8-22(2)18-30(26)34(5,6)32(28)20-24/h7-20H,1-6H3. The van der Waals surface area contributed by atoms with E-state index in [1.807, 2.05) is 0 Å². The number of hydrogen-bond donors (Lipinski definition) is 0. The van der Waals surface area contributed by atoms with E-state index in [0.717, 1.165) is 0 Å². The van der Waals surface area contributed by atoms with Gasteiger partial charge in [-0.05, 0) is 69.5 Å². The van der Waals surface area contributed by atoms with Gasteiger partial charge in [-0.2, -0.15) is 0 Å². The van der Waals surface area contributed by atoms with Crippen molar-refractivity contribution in [1.29, 1.82) is 0 Å². The van der Waals surface area contributed by atoms with Crippen molar-refractivity contribution in [3.63, 3.8) is 0 Å². The summed E-state index contributed by atoms with van der Waals surface area (Å²) >= 11 is 0. The summed E-state index contributed by atoms with van der Waals surface area (Å²) in [6.07, 6.45) is 4.54. The van der Waals surface area contributed by atoms with E-state index in [4.69, 9.17) is 0 Å². The lowest BCUT2D eigenvalue weighted by Gasteiger charge is -2.22. The largest absolute Gasteiger partial charge is 0.0587 e. The minimum absolute atomic E-state index is 0.0298. The maximum Gasteiger partial charge on any atom is 0.0159 e. The topological polar surface area (TPSA) is 0 Å². The van der Waals surface area contributed by atoms with E-state index in [1.54, 1.807) is 0 Å². The van der Waals surface area contributed by atoms with E-state index in [2.05, 4.69) is 126 Å². The molecule has 0 saturated carbocycles. The Morgan fingerprint density at radius 1 is 0.441 bits per heavy atom. The Kier molecular flexibility index (Phi) is 4.40. The van der Waals surface area contributed by atoms with Crippen LogP contribution in [0.2, 0.25) is 0 Å². The average molecular weight is 441 g/mol. The highest BCUT2D eigenvalue weighted by Crippen LogP contribution is 2.50. The molecule has 4 aromatic rings. The third-order valence-corrected chi connectivity index (χ3v) is 8.18. The van der Waals surface area contributed by atoms with Crippen LogP contribution >= 0.6 is 0 Å². The molecule has 0 aliphatic heterocycles. The molecule has 2 aliphatic carbocycles. The predicted octanol–water partition coefficient (Wildman–Crippen LogP) is 9.09. The molecule has 0 nitrogen and oxygen atoms in total. The average Bonchev–Trinajstić information content (AvgIpc) is 3.16. The highest BCUT2D eigenvalue weighted by atomic mass is 14.4. The molecule has 0 spiro atoms. The molecule has 0 bridgehead atoms. The fourth-order valence-electron chi connectivity index (χ4n) is 6.14. The maximum atomic E-state index is 2.39. The Morgan fingerprint density at radius 3 is 1.15 bits per heavy atom. The van der Waals surface area contributed by atoms with Crippen LogP contribution in [0.5, 0.6) is 0 Å². The molecule has 0 heterocycles. The van der Waals surface area contributed by atoms with E-state index in [1.165, 1.54) is 66.8 Å². The van der Waals surface area contributed by atoms with Crippen LogP contribution in [0.1, 0.15) is 72.2 Å². The molecule has 0 N–H and O–H groups in total. The van der Waals surface area contributed by atoms with Crippen molar-refractivity contribution in [2.45, 2.75) is 52.4 Å². The van der Waals surface area contributed by atoms with Crippen molar-refractivity contribution in [2.75, 3.05) is 0 Å². The third kappa shape index (κ3) is 2.98. The van der Waals surface area contributed by atoms with Crippen molar-refractivity contribution in [3.05, 3.63) is 117 Å². The molecule has 0 saturated heterocycles. The first-order chi connectivity index (χ1) is 16.2. The zero-order valence-corrected chi connectivity index (χ0v) is 21.1. The van der Waals surface area contributed by atoms with Gasteiger partial charge in [0.1, 0.15) is 0 Å². The van der Waals surface area contributed by atoms with Gasteiger partial charge in [-0.1, -0.05) is 124 Å². The molecule has 6 rings (SSSR count). The van der Waals surface area contributed by atoms with Gasteiger partial charge in [0.15, 0.2) is 0 Å². The second-order valence-electron chi connectivity index (χ2n) is 11.3. The zero-order chi connectivity index (χ0) is 23.8. The maximum absolute atomic E-state index is 2.39. The minimum Gasteiger partial charge on any atom is -0.0587 e. The molecular weight excluding hydrogens is 408 g/mol. The molecule has 2 aliphatic rings. The Balaban J connectivity index is 1.35. The Bertz CT molecular complexity index is 1390. The molecule has 0 fully saturated rings. The summed E-state index contributed by atoms with van der Waals surface area (Å²) in [6.45, 7) is 13.8.